The highest BCUT2D eigenvalue weighted by atomic mass is 32.2. The lowest BCUT2D eigenvalue weighted by molar-refractivity contribution is -0.137. The van der Waals surface area contributed by atoms with E-state index in [-0.39, 0.29) is 17.3 Å². The van der Waals surface area contributed by atoms with Crippen LogP contribution in [0.1, 0.15) is 24.2 Å². The first-order valence-electron chi connectivity index (χ1n) is 5.51. The van der Waals surface area contributed by atoms with Gasteiger partial charge in [0.2, 0.25) is 0 Å². The highest BCUT2D eigenvalue weighted by Crippen LogP contribution is 2.32. The third kappa shape index (κ3) is 4.05. The Kier molecular flexibility index (Phi) is 5.50. The molecule has 0 amide bonds. The lowest BCUT2D eigenvalue weighted by Crippen LogP contribution is -2.26. The Morgan fingerprint density at radius 2 is 2.41 bits per heavy atom. The van der Waals surface area contributed by atoms with Crippen LogP contribution in [0, 0.1) is 0 Å². The summed E-state index contributed by atoms with van der Waals surface area (Å²) in [7, 11) is 3.25. The van der Waals surface area contributed by atoms with E-state index in [0.717, 1.165) is 12.0 Å². The number of nitrogens with zero attached hydrogens (tertiary/aromatic N) is 2. The van der Waals surface area contributed by atoms with Gasteiger partial charge >= 0.3 is 5.97 Å². The minimum atomic E-state index is -0.229. The molecule has 0 aliphatic heterocycles. The third-order valence-corrected chi connectivity index (χ3v) is 3.91. The molecule has 2 unspecified atom stereocenters. The monoisotopic (exact) mass is 257 g/mol. The van der Waals surface area contributed by atoms with Crippen molar-refractivity contribution in [3.05, 3.63) is 18.0 Å². The average molecular weight is 257 g/mol. The maximum atomic E-state index is 11.2. The van der Waals surface area contributed by atoms with Crippen LogP contribution in [-0.4, -0.2) is 34.7 Å². The number of aryl methyl sites for hydroxylation is 1. The Morgan fingerprint density at radius 1 is 1.71 bits per heavy atom. The highest BCUT2D eigenvalue weighted by Gasteiger charge is 2.21. The summed E-state index contributed by atoms with van der Waals surface area (Å²) in [5, 5.41) is 4.21. The van der Waals surface area contributed by atoms with Crippen molar-refractivity contribution >= 4 is 17.7 Å². The molecule has 2 N–H and O–H groups in total. The number of nitrogens with two attached hydrogens (primary N) is 1. The number of thioether (sulfide) groups is 1. The van der Waals surface area contributed by atoms with E-state index in [4.69, 9.17) is 5.73 Å². The van der Waals surface area contributed by atoms with Crippen LogP contribution in [0.4, 0.5) is 0 Å². The number of esters is 1. The molecule has 0 saturated heterocycles. The first kappa shape index (κ1) is 14.1. The van der Waals surface area contributed by atoms with E-state index < -0.39 is 0 Å². The molecule has 1 heterocycles. The summed E-state index contributed by atoms with van der Waals surface area (Å²) in [6.07, 6.45) is 4.59. The standard InChI is InChI=1S/C11H19N3O2S/c1-4-9(12)11(17-7-10(15)16-3)8-5-13-14(2)6-8/h5-6,9,11H,4,7,12H2,1-3H3. The number of aromatic nitrogens is 2. The van der Waals surface area contributed by atoms with Crippen LogP contribution < -0.4 is 5.73 Å². The molecular weight excluding hydrogens is 238 g/mol. The largest absolute Gasteiger partial charge is 0.468 e. The van der Waals surface area contributed by atoms with Crippen LogP contribution in [0.15, 0.2) is 12.4 Å². The first-order chi connectivity index (χ1) is 8.08. The second kappa shape index (κ2) is 6.66. The van der Waals surface area contributed by atoms with E-state index in [0.29, 0.717) is 5.75 Å². The second-order valence-corrected chi connectivity index (χ2v) is 4.96. The first-order valence-corrected chi connectivity index (χ1v) is 6.55. The molecule has 0 saturated carbocycles. The predicted octanol–water partition coefficient (Wildman–Crippen LogP) is 1.10. The zero-order chi connectivity index (χ0) is 12.8. The second-order valence-electron chi connectivity index (χ2n) is 3.83. The lowest BCUT2D eigenvalue weighted by Gasteiger charge is -2.20. The molecule has 5 nitrogen and oxygen atoms in total. The van der Waals surface area contributed by atoms with Gasteiger partial charge in [-0.25, -0.2) is 0 Å². The van der Waals surface area contributed by atoms with Gasteiger partial charge < -0.3 is 10.5 Å². The van der Waals surface area contributed by atoms with Crippen molar-refractivity contribution in [1.82, 2.24) is 9.78 Å². The minimum absolute atomic E-state index is 0.00820. The molecule has 2 atom stereocenters. The van der Waals surface area contributed by atoms with Gasteiger partial charge in [-0.2, -0.15) is 5.10 Å². The molecule has 0 fully saturated rings. The molecule has 6 heteroatoms. The van der Waals surface area contributed by atoms with Gasteiger partial charge in [0.1, 0.15) is 0 Å². The Morgan fingerprint density at radius 3 is 2.88 bits per heavy atom. The van der Waals surface area contributed by atoms with Gasteiger partial charge in [0.15, 0.2) is 0 Å². The van der Waals surface area contributed by atoms with Crippen molar-refractivity contribution in [3.63, 3.8) is 0 Å². The Labute approximate surface area is 106 Å². The molecule has 1 aromatic heterocycles. The van der Waals surface area contributed by atoms with Crippen LogP contribution in [0.3, 0.4) is 0 Å². The zero-order valence-corrected chi connectivity index (χ0v) is 11.2. The average Bonchev–Trinajstić information content (AvgIpc) is 2.75. The number of hydrogen-bond acceptors (Lipinski definition) is 5. The number of carbonyl (C=O) groups is 1. The Balaban J connectivity index is 2.70. The summed E-state index contributed by atoms with van der Waals surface area (Å²) >= 11 is 1.50. The fourth-order valence-corrected chi connectivity index (χ4v) is 2.67. The van der Waals surface area contributed by atoms with Crippen molar-refractivity contribution < 1.29 is 9.53 Å². The molecule has 0 aromatic carbocycles. The molecule has 0 aliphatic rings. The summed E-state index contributed by atoms with van der Waals surface area (Å²) < 4.78 is 6.37. The number of methoxy groups -OCH3 is 1. The molecule has 17 heavy (non-hydrogen) atoms. The molecule has 1 aromatic rings. The fourth-order valence-electron chi connectivity index (χ4n) is 1.48. The lowest BCUT2D eigenvalue weighted by atomic mass is 10.1. The van der Waals surface area contributed by atoms with E-state index in [1.165, 1.54) is 18.9 Å². The van der Waals surface area contributed by atoms with E-state index in [9.17, 15) is 4.79 Å². The summed E-state index contributed by atoms with van der Waals surface area (Å²) in [6.45, 7) is 2.03. The Bertz CT molecular complexity index is 367. The number of carbonyl (C=O) groups excluding carboxylic acids is 1. The number of hydrogen-bond donors (Lipinski definition) is 1. The van der Waals surface area contributed by atoms with Crippen molar-refractivity contribution in [2.75, 3.05) is 12.9 Å². The van der Waals surface area contributed by atoms with Crippen molar-refractivity contribution in [2.24, 2.45) is 12.8 Å². The molecule has 96 valence electrons. The summed E-state index contributed by atoms with van der Waals surface area (Å²) in [4.78, 5) is 11.2. The van der Waals surface area contributed by atoms with Crippen LogP contribution in [0.25, 0.3) is 0 Å². The smallest absolute Gasteiger partial charge is 0.315 e. The summed E-state index contributed by atoms with van der Waals surface area (Å²) in [5.74, 6) is 0.0798. The summed E-state index contributed by atoms with van der Waals surface area (Å²) in [6, 6.07) is 0.00820. The van der Waals surface area contributed by atoms with Crippen molar-refractivity contribution in [2.45, 2.75) is 24.6 Å². The molecule has 0 bridgehead atoms. The van der Waals surface area contributed by atoms with Gasteiger partial charge in [0.25, 0.3) is 0 Å². The van der Waals surface area contributed by atoms with Gasteiger partial charge in [0.05, 0.1) is 19.1 Å². The number of ether oxygens (including phenoxy) is 1. The Hall–Kier alpha value is -1.01. The van der Waals surface area contributed by atoms with E-state index in [1.807, 2.05) is 20.2 Å². The van der Waals surface area contributed by atoms with E-state index >= 15 is 0 Å². The van der Waals surface area contributed by atoms with Gasteiger partial charge in [-0.15, -0.1) is 11.8 Å². The summed E-state index contributed by atoms with van der Waals surface area (Å²) in [5.41, 5.74) is 7.13. The fraction of sp³-hybridized carbons (Fsp3) is 0.636. The quantitative estimate of drug-likeness (QED) is 0.773. The van der Waals surface area contributed by atoms with Gasteiger partial charge in [-0.1, -0.05) is 6.92 Å². The number of rotatable bonds is 6. The van der Waals surface area contributed by atoms with E-state index in [2.05, 4.69) is 9.84 Å². The maximum Gasteiger partial charge on any atom is 0.315 e. The molecule has 0 radical (unpaired) electrons. The maximum absolute atomic E-state index is 11.2. The van der Waals surface area contributed by atoms with Crippen molar-refractivity contribution in [1.29, 1.82) is 0 Å². The SMILES string of the molecule is CCC(N)C(SCC(=O)OC)c1cnn(C)c1. The van der Waals surface area contributed by atoms with E-state index in [1.54, 1.807) is 10.9 Å². The predicted molar refractivity (Wildman–Crippen MR) is 68.7 cm³/mol. The van der Waals surface area contributed by atoms with Crippen LogP contribution >= 0.6 is 11.8 Å². The third-order valence-electron chi connectivity index (χ3n) is 2.52. The van der Waals surface area contributed by atoms with Crippen molar-refractivity contribution in [3.8, 4) is 0 Å². The minimum Gasteiger partial charge on any atom is -0.468 e. The molecular formula is C11H19N3O2S. The zero-order valence-electron chi connectivity index (χ0n) is 10.4. The normalized spacial score (nSPS) is 14.4. The molecule has 1 rings (SSSR count). The topological polar surface area (TPSA) is 70.1 Å². The van der Waals surface area contributed by atoms with Gasteiger partial charge in [0, 0.05) is 30.1 Å². The van der Waals surface area contributed by atoms with Crippen LogP contribution in [-0.2, 0) is 16.6 Å². The highest BCUT2D eigenvalue weighted by molar-refractivity contribution is 8.00. The van der Waals surface area contributed by atoms with Gasteiger partial charge in [-0.05, 0) is 6.42 Å². The molecule has 0 spiro atoms. The van der Waals surface area contributed by atoms with Crippen LogP contribution in [0.2, 0.25) is 0 Å². The van der Waals surface area contributed by atoms with Gasteiger partial charge in [-0.3, -0.25) is 9.48 Å². The van der Waals surface area contributed by atoms with Crippen LogP contribution in [0.5, 0.6) is 0 Å². The molecule has 0 aliphatic carbocycles.